The molecule has 0 bridgehead atoms. The monoisotopic (exact) mass is 976 g/mol. The third kappa shape index (κ3) is 8.33. The van der Waals surface area contributed by atoms with Crippen molar-refractivity contribution in [1.82, 2.24) is 10.6 Å². The summed E-state index contributed by atoms with van der Waals surface area (Å²) in [5.41, 5.74) is -0.807. The number of nitrogens with zero attached hydrogens (tertiary/aromatic N) is 2. The second-order valence-corrected chi connectivity index (χ2v) is 20.6. The van der Waals surface area contributed by atoms with E-state index in [9.17, 15) is 45.3 Å². The predicted molar refractivity (Wildman–Crippen MR) is 264 cm³/mol. The molecule has 71 heavy (non-hydrogen) atoms. The molecular formula is C54H64N4O13. The van der Waals surface area contributed by atoms with Crippen LogP contribution in [-0.4, -0.2) is 123 Å². The van der Waals surface area contributed by atoms with E-state index in [0.717, 1.165) is 43.4 Å². The van der Waals surface area contributed by atoms with Crippen molar-refractivity contribution in [2.45, 2.75) is 113 Å². The Hall–Kier alpha value is -5.63. The first-order chi connectivity index (χ1) is 34.1. The largest absolute Gasteiger partial charge is 0.508 e. The minimum Gasteiger partial charge on any atom is -0.508 e. The molecule has 1 aromatic heterocycles. The second-order valence-electron chi connectivity index (χ2n) is 20.6. The highest BCUT2D eigenvalue weighted by Crippen LogP contribution is 2.57. The van der Waals surface area contributed by atoms with Crippen LogP contribution in [0.5, 0.6) is 17.2 Å². The number of fused-ring (bicyclic) bond motifs is 4. The molecule has 17 heteroatoms. The van der Waals surface area contributed by atoms with Crippen molar-refractivity contribution in [3.05, 3.63) is 105 Å². The number of aliphatic hydroxyl groups is 5. The van der Waals surface area contributed by atoms with Gasteiger partial charge in [-0.3, -0.25) is 14.6 Å². The number of hydrogen-bond acceptors (Lipinski definition) is 16. The lowest BCUT2D eigenvalue weighted by Crippen LogP contribution is -2.62. The number of anilines is 1. The third-order valence-electron chi connectivity index (χ3n) is 16.4. The van der Waals surface area contributed by atoms with Crippen LogP contribution in [0.2, 0.25) is 0 Å². The quantitative estimate of drug-likeness (QED) is 0.0458. The Labute approximate surface area is 410 Å². The fourth-order valence-corrected chi connectivity index (χ4v) is 12.7. The zero-order chi connectivity index (χ0) is 50.0. The number of phenolic OH excluding ortho intramolecular Hbond substituents is 2. The standard InChI is InChI=1S/C54H64N4O13/c1-4-41-36-14-17-56-40(36)26-58(41)46-48-32(19-38-43(62)18-29(2)69-49(38)46)20-45(54(70-48)23-31(8-10-33(54)24-55-3)39-25-57-51(66)52(39)15-6-5-7-16-52)71-68-28-53(67,50(65)47(64)44(63)27-59)22-30-9-13-42(61)35-12-11-34(60)21-37(30)35/h8-14,17-19,21,26,31,33,39,41,44-45,47,50,55,59-61,63-65,67H,4-7,15-16,20,22-25,27-28H2,1-3H3,(H,57,66). The number of phenols is 2. The van der Waals surface area contributed by atoms with Gasteiger partial charge in [0, 0.05) is 66.9 Å². The van der Waals surface area contributed by atoms with Gasteiger partial charge in [0.15, 0.2) is 16.8 Å². The molecule has 17 nitrogen and oxygen atoms in total. The Morgan fingerprint density at radius 2 is 1.83 bits per heavy atom. The Morgan fingerprint density at radius 1 is 1.03 bits per heavy atom. The van der Waals surface area contributed by atoms with E-state index in [1.165, 1.54) is 36.4 Å². The van der Waals surface area contributed by atoms with Gasteiger partial charge in [0.1, 0.15) is 65.2 Å². The van der Waals surface area contributed by atoms with Crippen molar-refractivity contribution < 1.29 is 59.5 Å². The van der Waals surface area contributed by atoms with Crippen molar-refractivity contribution in [2.75, 3.05) is 38.3 Å². The number of carbonyl (C=O) groups excluding carboxylic acids is 1. The molecule has 4 aromatic rings. The van der Waals surface area contributed by atoms with E-state index in [1.54, 1.807) is 19.2 Å². The zero-order valence-electron chi connectivity index (χ0n) is 40.2. The molecule has 2 fully saturated rings. The summed E-state index contributed by atoms with van der Waals surface area (Å²) in [7, 11) is 1.85. The number of hydrogen-bond donors (Lipinski definition) is 9. The average molecular weight is 977 g/mol. The number of rotatable bonds is 15. The van der Waals surface area contributed by atoms with Crippen LogP contribution in [0.15, 0.2) is 92.4 Å². The van der Waals surface area contributed by atoms with Gasteiger partial charge in [-0.05, 0) is 98.8 Å². The van der Waals surface area contributed by atoms with Crippen LogP contribution in [0.1, 0.15) is 68.8 Å². The Balaban J connectivity index is 1.10. The maximum Gasteiger partial charge on any atom is 0.226 e. The van der Waals surface area contributed by atoms with E-state index >= 15 is 0 Å². The minimum absolute atomic E-state index is 0.0709. The summed E-state index contributed by atoms with van der Waals surface area (Å²) in [6.45, 7) is 3.01. The lowest BCUT2D eigenvalue weighted by molar-refractivity contribution is -0.376. The predicted octanol–water partition coefficient (Wildman–Crippen LogP) is 4.26. The highest BCUT2D eigenvalue weighted by molar-refractivity contribution is 5.97. The van der Waals surface area contributed by atoms with E-state index in [0.29, 0.717) is 76.0 Å². The minimum atomic E-state index is -2.44. The molecule has 378 valence electrons. The molecule has 10 rings (SSSR count). The number of aliphatic imine (C=N–C) groups is 1. The van der Waals surface area contributed by atoms with Crippen molar-refractivity contribution in [3.63, 3.8) is 0 Å². The van der Waals surface area contributed by atoms with Gasteiger partial charge in [-0.2, -0.15) is 0 Å². The smallest absolute Gasteiger partial charge is 0.226 e. The van der Waals surface area contributed by atoms with E-state index in [2.05, 4.69) is 39.6 Å². The van der Waals surface area contributed by atoms with Crippen LogP contribution < -0.4 is 25.7 Å². The topological polar surface area (TPSA) is 256 Å². The molecule has 1 amide bonds. The normalized spacial score (nSPS) is 27.6. The van der Waals surface area contributed by atoms with E-state index < -0.39 is 66.6 Å². The van der Waals surface area contributed by atoms with E-state index in [4.69, 9.17) is 18.9 Å². The van der Waals surface area contributed by atoms with Gasteiger partial charge in [0.2, 0.25) is 5.91 Å². The van der Waals surface area contributed by atoms with Crippen LogP contribution in [0.4, 0.5) is 5.69 Å². The maximum atomic E-state index is 14.0. The number of carbonyl (C=O) groups is 1. The Kier molecular flexibility index (Phi) is 13.2. The van der Waals surface area contributed by atoms with Crippen LogP contribution in [0.25, 0.3) is 21.7 Å². The van der Waals surface area contributed by atoms with E-state index in [-0.39, 0.29) is 47.1 Å². The molecular weight excluding hydrogens is 913 g/mol. The van der Waals surface area contributed by atoms with Gasteiger partial charge in [-0.25, -0.2) is 9.78 Å². The molecule has 5 heterocycles. The number of aromatic hydroxyl groups is 2. The van der Waals surface area contributed by atoms with Gasteiger partial charge in [0.25, 0.3) is 0 Å². The first-order valence-electron chi connectivity index (χ1n) is 24.9. The lowest BCUT2D eigenvalue weighted by atomic mass is 9.59. The van der Waals surface area contributed by atoms with Gasteiger partial charge >= 0.3 is 0 Å². The highest BCUT2D eigenvalue weighted by atomic mass is 17.2. The number of ether oxygens (including phenoxy) is 1. The second kappa shape index (κ2) is 19.1. The first kappa shape index (κ1) is 49.0. The molecule has 0 radical (unpaired) electrons. The molecule has 10 unspecified atom stereocenters. The molecule has 2 spiro atoms. The molecule has 6 aliphatic rings. The number of aliphatic hydroxyl groups excluding tert-OH is 4. The number of aryl methyl sites for hydroxylation is 1. The summed E-state index contributed by atoms with van der Waals surface area (Å²) in [6, 6.07) is 10.2. The number of benzene rings is 3. The van der Waals surface area contributed by atoms with Crippen molar-refractivity contribution >= 4 is 39.6 Å². The van der Waals surface area contributed by atoms with Crippen LogP contribution in [0.3, 0.4) is 0 Å². The summed E-state index contributed by atoms with van der Waals surface area (Å²) >= 11 is 0. The van der Waals surface area contributed by atoms with Gasteiger partial charge in [-0.15, -0.1) is 0 Å². The molecule has 3 aromatic carbocycles. The maximum absolute atomic E-state index is 14.0. The SMILES string of the molecule is CCC1C2=CC=NC2=CN1c1c2c(cc3c(=O)cc(C)oc13)CC(OOCC(O)(Cc1ccc(O)c3ccc(O)cc13)C(O)C(O)C(O)CO)C1(CC(C3CNC(=O)C34CCCCC4)C=CC1CNC)O2. The Bertz CT molecular complexity index is 2910. The molecule has 1 saturated heterocycles. The van der Waals surface area contributed by atoms with Gasteiger partial charge in [0.05, 0.1) is 29.1 Å². The third-order valence-corrected chi connectivity index (χ3v) is 16.4. The number of nitrogens with one attached hydrogen (secondary N) is 2. The van der Waals surface area contributed by atoms with Gasteiger partial charge < -0.3 is 60.4 Å². The Morgan fingerprint density at radius 3 is 2.59 bits per heavy atom. The molecule has 4 aliphatic heterocycles. The van der Waals surface area contributed by atoms with Crippen molar-refractivity contribution in [2.24, 2.45) is 28.2 Å². The van der Waals surface area contributed by atoms with Gasteiger partial charge in [-0.1, -0.05) is 44.4 Å². The molecule has 1 saturated carbocycles. The number of allylic oxidation sites excluding steroid dienone is 2. The average Bonchev–Trinajstić information content (AvgIpc) is 4.05. The fourth-order valence-electron chi connectivity index (χ4n) is 12.7. The van der Waals surface area contributed by atoms with Crippen LogP contribution >= 0.6 is 0 Å². The highest BCUT2D eigenvalue weighted by Gasteiger charge is 2.60. The first-order valence-corrected chi connectivity index (χ1v) is 24.9. The van der Waals surface area contributed by atoms with Crippen molar-refractivity contribution in [3.8, 4) is 17.2 Å². The summed E-state index contributed by atoms with van der Waals surface area (Å²) in [6.07, 6.45) is 8.28. The lowest BCUT2D eigenvalue weighted by Gasteiger charge is -2.52. The summed E-state index contributed by atoms with van der Waals surface area (Å²) < 4.78 is 14.2. The van der Waals surface area contributed by atoms with Crippen molar-refractivity contribution in [1.29, 1.82) is 0 Å². The molecule has 10 atom stereocenters. The summed E-state index contributed by atoms with van der Waals surface area (Å²) in [5, 5.41) is 84.5. The number of amides is 1. The van der Waals surface area contributed by atoms with Crippen LogP contribution in [-0.2, 0) is 27.4 Å². The molecule has 9 N–H and O–H groups in total. The molecule has 2 aliphatic carbocycles. The van der Waals surface area contributed by atoms with Crippen LogP contribution in [0, 0.1) is 30.1 Å². The van der Waals surface area contributed by atoms with E-state index in [1.807, 2.05) is 19.3 Å². The zero-order valence-corrected chi connectivity index (χ0v) is 40.2. The fraction of sp³-hybridized carbons (Fsp3) is 0.500. The summed E-state index contributed by atoms with van der Waals surface area (Å²) in [5.74, 6) is 0.124. The summed E-state index contributed by atoms with van der Waals surface area (Å²) in [4.78, 5) is 47.5.